The van der Waals surface area contributed by atoms with Gasteiger partial charge >= 0.3 is 0 Å². The van der Waals surface area contributed by atoms with E-state index < -0.39 is 0 Å². The van der Waals surface area contributed by atoms with Crippen molar-refractivity contribution in [1.82, 2.24) is 10.1 Å². The Bertz CT molecular complexity index is 552. The van der Waals surface area contributed by atoms with Gasteiger partial charge in [0.05, 0.1) is 11.8 Å². The minimum Gasteiger partial charge on any atom is -0.338 e. The highest BCUT2D eigenvalue weighted by molar-refractivity contribution is 7.99. The molecule has 3 rings (SSSR count). The van der Waals surface area contributed by atoms with E-state index >= 15 is 0 Å². The lowest BCUT2D eigenvalue weighted by Gasteiger charge is -2.06. The van der Waals surface area contributed by atoms with Crippen LogP contribution in [-0.4, -0.2) is 15.4 Å². The third kappa shape index (κ3) is 4.08. The van der Waals surface area contributed by atoms with Crippen molar-refractivity contribution in [2.45, 2.75) is 49.1 Å². The summed E-state index contributed by atoms with van der Waals surface area (Å²) in [5.41, 5.74) is 7.34. The fourth-order valence-electron chi connectivity index (χ4n) is 2.68. The molecule has 1 atom stereocenters. The lowest BCUT2D eigenvalue weighted by atomic mass is 10.1. The molecule has 0 unspecified atom stereocenters. The first-order chi connectivity index (χ1) is 10.3. The van der Waals surface area contributed by atoms with Crippen LogP contribution in [0.4, 0.5) is 0 Å². The van der Waals surface area contributed by atoms with Crippen LogP contribution < -0.4 is 5.73 Å². The third-order valence-corrected chi connectivity index (χ3v) is 5.22. The van der Waals surface area contributed by atoms with E-state index in [4.69, 9.17) is 10.3 Å². The van der Waals surface area contributed by atoms with Crippen LogP contribution in [0.3, 0.4) is 0 Å². The van der Waals surface area contributed by atoms with Gasteiger partial charge < -0.3 is 10.3 Å². The molecule has 1 saturated carbocycles. The number of aromatic nitrogens is 2. The molecule has 0 saturated heterocycles. The molecule has 21 heavy (non-hydrogen) atoms. The molecule has 1 aliphatic carbocycles. The van der Waals surface area contributed by atoms with Crippen molar-refractivity contribution in [2.75, 3.05) is 0 Å². The van der Waals surface area contributed by atoms with Gasteiger partial charge in [-0.15, -0.1) is 0 Å². The van der Waals surface area contributed by atoms with Crippen LogP contribution in [0.15, 0.2) is 34.9 Å². The van der Waals surface area contributed by atoms with Crippen LogP contribution in [-0.2, 0) is 12.2 Å². The fraction of sp³-hybridized carbons (Fsp3) is 0.500. The van der Waals surface area contributed by atoms with Crippen LogP contribution in [0.2, 0.25) is 0 Å². The molecule has 0 amide bonds. The summed E-state index contributed by atoms with van der Waals surface area (Å²) in [5.74, 6) is 2.14. The van der Waals surface area contributed by atoms with Gasteiger partial charge in [-0.05, 0) is 24.8 Å². The monoisotopic (exact) mass is 303 g/mol. The highest BCUT2D eigenvalue weighted by atomic mass is 32.2. The largest absolute Gasteiger partial charge is 0.338 e. The summed E-state index contributed by atoms with van der Waals surface area (Å²) in [6.45, 7) is 0. The first-order valence-electron chi connectivity index (χ1n) is 7.55. The maximum Gasteiger partial charge on any atom is 0.243 e. The minimum atomic E-state index is -0.231. The molecule has 0 bridgehead atoms. The second-order valence-corrected chi connectivity index (χ2v) is 6.85. The Kier molecular flexibility index (Phi) is 4.93. The summed E-state index contributed by atoms with van der Waals surface area (Å²) in [5, 5.41) is 4.82. The lowest BCUT2D eigenvalue weighted by molar-refractivity contribution is 0.351. The zero-order valence-electron chi connectivity index (χ0n) is 12.1. The van der Waals surface area contributed by atoms with Gasteiger partial charge in [0, 0.05) is 5.25 Å². The highest BCUT2D eigenvalue weighted by Crippen LogP contribution is 2.31. The number of nitrogens with two attached hydrogens (primary N) is 1. The average Bonchev–Trinajstić information content (AvgIpc) is 3.18. The number of thioether (sulfide) groups is 1. The zero-order chi connectivity index (χ0) is 14.5. The number of hydrogen-bond acceptors (Lipinski definition) is 5. The van der Waals surface area contributed by atoms with Crippen LogP contribution >= 0.6 is 11.8 Å². The summed E-state index contributed by atoms with van der Waals surface area (Å²) in [4.78, 5) is 4.44. The number of rotatable bonds is 6. The van der Waals surface area contributed by atoms with Gasteiger partial charge in [-0.3, -0.25) is 0 Å². The van der Waals surface area contributed by atoms with E-state index in [1.165, 1.54) is 31.2 Å². The van der Waals surface area contributed by atoms with E-state index in [0.717, 1.165) is 23.2 Å². The zero-order valence-corrected chi connectivity index (χ0v) is 12.9. The molecular formula is C16H21N3OS. The molecule has 0 spiro atoms. The van der Waals surface area contributed by atoms with Crippen molar-refractivity contribution < 1.29 is 4.52 Å². The van der Waals surface area contributed by atoms with Crippen LogP contribution in [0.5, 0.6) is 0 Å². The molecule has 1 fully saturated rings. The highest BCUT2D eigenvalue weighted by Gasteiger charge is 2.18. The van der Waals surface area contributed by atoms with Crippen LogP contribution in [0, 0.1) is 0 Å². The molecule has 1 aliphatic rings. The smallest absolute Gasteiger partial charge is 0.243 e. The second-order valence-electron chi connectivity index (χ2n) is 5.56. The van der Waals surface area contributed by atoms with Gasteiger partial charge in [-0.2, -0.15) is 16.7 Å². The normalized spacial score (nSPS) is 17.2. The molecule has 4 nitrogen and oxygen atoms in total. The number of hydrogen-bond donors (Lipinski definition) is 1. The Morgan fingerprint density at radius 3 is 2.76 bits per heavy atom. The predicted octanol–water partition coefficient (Wildman–Crippen LogP) is 3.49. The molecule has 5 heteroatoms. The fourth-order valence-corrected chi connectivity index (χ4v) is 3.85. The first kappa shape index (κ1) is 14.6. The van der Waals surface area contributed by atoms with Gasteiger partial charge in [0.1, 0.15) is 0 Å². The summed E-state index contributed by atoms with van der Waals surface area (Å²) < 4.78 is 5.31. The Morgan fingerprint density at radius 2 is 2.00 bits per heavy atom. The number of benzene rings is 1. The van der Waals surface area contributed by atoms with E-state index in [0.29, 0.717) is 5.89 Å². The van der Waals surface area contributed by atoms with Crippen molar-refractivity contribution in [3.05, 3.63) is 47.6 Å². The van der Waals surface area contributed by atoms with Crippen molar-refractivity contribution in [1.29, 1.82) is 0 Å². The molecule has 0 radical (unpaired) electrons. The van der Waals surface area contributed by atoms with Crippen LogP contribution in [0.25, 0.3) is 0 Å². The van der Waals surface area contributed by atoms with Gasteiger partial charge in [0.25, 0.3) is 0 Å². The molecule has 2 aromatic rings. The summed E-state index contributed by atoms with van der Waals surface area (Å²) in [6, 6.07) is 9.92. The molecule has 2 N–H and O–H groups in total. The Balaban J connectivity index is 1.53. The SMILES string of the molecule is N[C@H](Cc1ccccc1)c1nc(CSC2CCCC2)no1. The van der Waals surface area contributed by atoms with E-state index in [1.807, 2.05) is 30.0 Å². The minimum absolute atomic E-state index is 0.231. The molecule has 1 aromatic heterocycles. The first-order valence-corrected chi connectivity index (χ1v) is 8.60. The van der Waals surface area contributed by atoms with Gasteiger partial charge in [-0.25, -0.2) is 0 Å². The van der Waals surface area contributed by atoms with E-state index in [9.17, 15) is 0 Å². The van der Waals surface area contributed by atoms with E-state index in [2.05, 4.69) is 22.3 Å². The Morgan fingerprint density at radius 1 is 1.24 bits per heavy atom. The van der Waals surface area contributed by atoms with Crippen LogP contribution in [0.1, 0.15) is 49.0 Å². The Labute approximate surface area is 129 Å². The molecule has 0 aliphatic heterocycles. The summed E-state index contributed by atoms with van der Waals surface area (Å²) in [6.07, 6.45) is 6.08. The second kappa shape index (κ2) is 7.09. The van der Waals surface area contributed by atoms with E-state index in [-0.39, 0.29) is 6.04 Å². The molecule has 1 heterocycles. The van der Waals surface area contributed by atoms with Gasteiger partial charge in [0.15, 0.2) is 5.82 Å². The molecule has 112 valence electrons. The summed E-state index contributed by atoms with van der Waals surface area (Å²) >= 11 is 1.94. The van der Waals surface area contributed by atoms with E-state index in [1.54, 1.807) is 0 Å². The molecule has 1 aromatic carbocycles. The quantitative estimate of drug-likeness (QED) is 0.885. The third-order valence-electron chi connectivity index (χ3n) is 3.85. The van der Waals surface area contributed by atoms with Crippen molar-refractivity contribution >= 4 is 11.8 Å². The maximum absolute atomic E-state index is 6.16. The predicted molar refractivity (Wildman–Crippen MR) is 84.9 cm³/mol. The number of nitrogens with zero attached hydrogens (tertiary/aromatic N) is 2. The van der Waals surface area contributed by atoms with Crippen molar-refractivity contribution in [2.24, 2.45) is 5.73 Å². The summed E-state index contributed by atoms with van der Waals surface area (Å²) in [7, 11) is 0. The maximum atomic E-state index is 6.16. The topological polar surface area (TPSA) is 64.9 Å². The van der Waals surface area contributed by atoms with Crippen molar-refractivity contribution in [3.63, 3.8) is 0 Å². The van der Waals surface area contributed by atoms with Gasteiger partial charge in [-0.1, -0.05) is 48.3 Å². The Hall–Kier alpha value is -1.33. The van der Waals surface area contributed by atoms with Gasteiger partial charge in [0.2, 0.25) is 5.89 Å². The van der Waals surface area contributed by atoms with Crippen molar-refractivity contribution in [3.8, 4) is 0 Å². The lowest BCUT2D eigenvalue weighted by Crippen LogP contribution is -2.13. The average molecular weight is 303 g/mol. The molecular weight excluding hydrogens is 282 g/mol. The standard InChI is InChI=1S/C16H21N3OS/c17-14(10-12-6-2-1-3-7-12)16-18-15(19-20-16)11-21-13-8-4-5-9-13/h1-3,6-7,13-14H,4-5,8-11,17H2/t14-/m1/s1.